The van der Waals surface area contributed by atoms with Gasteiger partial charge in [-0.15, -0.1) is 0 Å². The molecule has 3 aromatic carbocycles. The lowest BCUT2D eigenvalue weighted by Crippen LogP contribution is -2.19. The molecule has 0 spiro atoms. The first-order valence-electron chi connectivity index (χ1n) is 8.73. The van der Waals surface area contributed by atoms with Crippen molar-refractivity contribution in [3.05, 3.63) is 99.5 Å². The van der Waals surface area contributed by atoms with Gasteiger partial charge in [-0.1, -0.05) is 59.6 Å². The van der Waals surface area contributed by atoms with Crippen molar-refractivity contribution in [3.8, 4) is 0 Å². The summed E-state index contributed by atoms with van der Waals surface area (Å²) in [7, 11) is 0. The van der Waals surface area contributed by atoms with Crippen LogP contribution in [0.3, 0.4) is 0 Å². The van der Waals surface area contributed by atoms with Crippen LogP contribution in [0.25, 0.3) is 0 Å². The predicted octanol–water partition coefficient (Wildman–Crippen LogP) is 4.94. The number of carbonyl (C=O) groups excluding carboxylic acids is 2. The van der Waals surface area contributed by atoms with Crippen molar-refractivity contribution in [2.75, 3.05) is 5.32 Å². The molecule has 0 radical (unpaired) electrons. The average molecular weight is 426 g/mol. The van der Waals surface area contributed by atoms with Crippen molar-refractivity contribution in [3.63, 3.8) is 0 Å². The van der Waals surface area contributed by atoms with Gasteiger partial charge in [-0.2, -0.15) is 5.10 Å². The molecule has 0 aliphatic heterocycles. The molecule has 0 aromatic heterocycles. The van der Waals surface area contributed by atoms with E-state index in [0.29, 0.717) is 26.9 Å². The first kappa shape index (κ1) is 20.6. The van der Waals surface area contributed by atoms with Crippen molar-refractivity contribution < 1.29 is 9.59 Å². The standard InChI is InChI=1S/C22H17Cl2N3O2/c23-17-10-8-15(9-11-17)13-21(28)27-25-14-16-4-3-5-18(12-16)26-22(29)19-6-1-2-7-20(19)24/h1-12,14H,13H2,(H,26,29)(H,27,28)/b25-14+. The molecule has 0 aliphatic carbocycles. The summed E-state index contributed by atoms with van der Waals surface area (Å²) >= 11 is 11.9. The van der Waals surface area contributed by atoms with E-state index in [1.54, 1.807) is 72.8 Å². The van der Waals surface area contributed by atoms with Gasteiger partial charge < -0.3 is 5.32 Å². The van der Waals surface area contributed by atoms with Crippen molar-refractivity contribution in [1.82, 2.24) is 5.43 Å². The average Bonchev–Trinajstić information content (AvgIpc) is 2.70. The van der Waals surface area contributed by atoms with Crippen LogP contribution >= 0.6 is 23.2 Å². The molecule has 3 aromatic rings. The fourth-order valence-electron chi connectivity index (χ4n) is 2.55. The SMILES string of the molecule is O=C(Cc1ccc(Cl)cc1)N/N=C/c1cccc(NC(=O)c2ccccc2Cl)c1. The third-order valence-electron chi connectivity index (χ3n) is 3.94. The minimum Gasteiger partial charge on any atom is -0.322 e. The molecule has 146 valence electrons. The Hall–Kier alpha value is -3.15. The highest BCUT2D eigenvalue weighted by atomic mass is 35.5. The maximum atomic E-state index is 12.3. The lowest BCUT2D eigenvalue weighted by molar-refractivity contribution is -0.120. The molecule has 0 heterocycles. The van der Waals surface area contributed by atoms with Crippen LogP contribution in [0.1, 0.15) is 21.5 Å². The Labute approximate surface area is 178 Å². The number of benzene rings is 3. The molecule has 0 fully saturated rings. The Morgan fingerprint density at radius 2 is 1.69 bits per heavy atom. The number of hydrazone groups is 1. The quantitative estimate of drug-likeness (QED) is 0.433. The fourth-order valence-corrected chi connectivity index (χ4v) is 2.89. The summed E-state index contributed by atoms with van der Waals surface area (Å²) in [6.45, 7) is 0. The number of carbonyl (C=O) groups is 2. The van der Waals surface area contributed by atoms with Crippen LogP contribution in [-0.4, -0.2) is 18.0 Å². The van der Waals surface area contributed by atoms with Crippen LogP contribution in [0.5, 0.6) is 0 Å². The second-order valence-corrected chi connectivity index (χ2v) is 7.00. The molecule has 5 nitrogen and oxygen atoms in total. The third kappa shape index (κ3) is 6.17. The molecule has 0 bridgehead atoms. The van der Waals surface area contributed by atoms with E-state index in [1.165, 1.54) is 6.21 Å². The second-order valence-electron chi connectivity index (χ2n) is 6.16. The summed E-state index contributed by atoms with van der Waals surface area (Å²) in [6.07, 6.45) is 1.70. The van der Waals surface area contributed by atoms with Crippen LogP contribution < -0.4 is 10.7 Å². The van der Waals surface area contributed by atoms with Crippen molar-refractivity contribution in [2.45, 2.75) is 6.42 Å². The molecular weight excluding hydrogens is 409 g/mol. The van der Waals surface area contributed by atoms with Crippen LogP contribution in [0, 0.1) is 0 Å². The van der Waals surface area contributed by atoms with Crippen molar-refractivity contribution >= 4 is 46.9 Å². The van der Waals surface area contributed by atoms with Crippen molar-refractivity contribution in [1.29, 1.82) is 0 Å². The van der Waals surface area contributed by atoms with Crippen LogP contribution in [-0.2, 0) is 11.2 Å². The zero-order valence-electron chi connectivity index (χ0n) is 15.2. The smallest absolute Gasteiger partial charge is 0.257 e. The molecule has 29 heavy (non-hydrogen) atoms. The number of hydrogen-bond donors (Lipinski definition) is 2. The Morgan fingerprint density at radius 3 is 2.45 bits per heavy atom. The highest BCUT2D eigenvalue weighted by molar-refractivity contribution is 6.34. The molecule has 0 atom stereocenters. The molecule has 7 heteroatoms. The number of nitrogens with one attached hydrogen (secondary N) is 2. The maximum Gasteiger partial charge on any atom is 0.257 e. The minimum atomic E-state index is -0.305. The molecule has 0 saturated heterocycles. The van der Waals surface area contributed by atoms with Crippen molar-refractivity contribution in [2.24, 2.45) is 5.10 Å². The van der Waals surface area contributed by atoms with Gasteiger partial charge in [0.05, 0.1) is 23.2 Å². The summed E-state index contributed by atoms with van der Waals surface area (Å²) in [5.74, 6) is -0.548. The molecule has 3 rings (SSSR count). The number of anilines is 1. The normalized spacial score (nSPS) is 10.7. The molecule has 0 saturated carbocycles. The van der Waals surface area contributed by atoms with Gasteiger partial charge in [0, 0.05) is 10.7 Å². The molecule has 2 N–H and O–H groups in total. The van der Waals surface area contributed by atoms with Gasteiger partial charge in [0.15, 0.2) is 0 Å². The molecule has 0 aliphatic rings. The van der Waals surface area contributed by atoms with Gasteiger partial charge >= 0.3 is 0 Å². The van der Waals surface area contributed by atoms with E-state index in [9.17, 15) is 9.59 Å². The largest absolute Gasteiger partial charge is 0.322 e. The first-order chi connectivity index (χ1) is 14.0. The van der Waals surface area contributed by atoms with Gasteiger partial charge in [0.2, 0.25) is 5.91 Å². The number of rotatable bonds is 6. The molecule has 2 amide bonds. The van der Waals surface area contributed by atoms with Gasteiger partial charge in [-0.05, 0) is 47.5 Å². The monoisotopic (exact) mass is 425 g/mol. The third-order valence-corrected chi connectivity index (χ3v) is 4.53. The van der Waals surface area contributed by atoms with Crippen LogP contribution in [0.15, 0.2) is 77.9 Å². The summed E-state index contributed by atoms with van der Waals surface area (Å²) in [5.41, 5.74) is 5.02. The fraction of sp³-hybridized carbons (Fsp3) is 0.0455. The number of hydrogen-bond acceptors (Lipinski definition) is 3. The van der Waals surface area contributed by atoms with Crippen LogP contribution in [0.2, 0.25) is 10.0 Å². The second kappa shape index (κ2) is 9.87. The van der Waals surface area contributed by atoms with Gasteiger partial charge in [-0.25, -0.2) is 5.43 Å². The van der Waals surface area contributed by atoms with E-state index >= 15 is 0 Å². The highest BCUT2D eigenvalue weighted by Crippen LogP contribution is 2.17. The van der Waals surface area contributed by atoms with E-state index < -0.39 is 0 Å². The zero-order valence-corrected chi connectivity index (χ0v) is 16.7. The number of amides is 2. The Morgan fingerprint density at radius 1 is 0.931 bits per heavy atom. The molecular formula is C22H17Cl2N3O2. The first-order valence-corrected chi connectivity index (χ1v) is 9.49. The lowest BCUT2D eigenvalue weighted by atomic mass is 10.1. The van der Waals surface area contributed by atoms with E-state index in [-0.39, 0.29) is 18.2 Å². The highest BCUT2D eigenvalue weighted by Gasteiger charge is 2.09. The van der Waals surface area contributed by atoms with E-state index in [2.05, 4.69) is 15.8 Å². The topological polar surface area (TPSA) is 70.6 Å². The molecule has 0 unspecified atom stereocenters. The Bertz CT molecular complexity index is 1050. The minimum absolute atomic E-state index is 0.197. The summed E-state index contributed by atoms with van der Waals surface area (Å²) in [4.78, 5) is 24.3. The predicted molar refractivity (Wildman–Crippen MR) is 117 cm³/mol. The summed E-state index contributed by atoms with van der Waals surface area (Å²) in [5, 5.41) is 7.76. The van der Waals surface area contributed by atoms with Gasteiger partial charge in [-0.3, -0.25) is 9.59 Å². The summed E-state index contributed by atoms with van der Waals surface area (Å²) in [6, 6.07) is 20.9. The van der Waals surface area contributed by atoms with Gasteiger partial charge in [0.25, 0.3) is 5.91 Å². The van der Waals surface area contributed by atoms with E-state index in [0.717, 1.165) is 5.56 Å². The van der Waals surface area contributed by atoms with E-state index in [4.69, 9.17) is 23.2 Å². The zero-order chi connectivity index (χ0) is 20.6. The van der Waals surface area contributed by atoms with E-state index in [1.807, 2.05) is 0 Å². The Kier molecular flexibility index (Phi) is 7.00. The maximum absolute atomic E-state index is 12.3. The number of nitrogens with zero attached hydrogens (tertiary/aromatic N) is 1. The van der Waals surface area contributed by atoms with Crippen LogP contribution in [0.4, 0.5) is 5.69 Å². The Balaban J connectivity index is 1.57. The lowest BCUT2D eigenvalue weighted by Gasteiger charge is -2.07. The van der Waals surface area contributed by atoms with Gasteiger partial charge in [0.1, 0.15) is 0 Å². The number of halogens is 2. The summed E-state index contributed by atoms with van der Waals surface area (Å²) < 4.78 is 0.